The SMILES string of the molecule is C=C(CC[C@@]1(O)O[C@H]2C[C@H]3[C@@H]4[C@H](O)[C@@H](O)[C@]5(O)[C@@H](O)[C@@H](O)[C@@H](O)[C@@H](O)[C@]5(C)[C@H]4CC[C@]3(C)[C@H]2[C@@H]1C)CO[C@@H]1O[C@H](CO)[C@@H](O)[C@H](O)[C@H]1O. The summed E-state index contributed by atoms with van der Waals surface area (Å²) < 4.78 is 17.4. The molecule has 0 aromatic carbocycles. The number of fused-ring (bicyclic) bond motifs is 7. The Bertz CT molecular complexity index is 1220. The third kappa shape index (κ3) is 4.89. The van der Waals surface area contributed by atoms with Crippen LogP contribution in [0.1, 0.15) is 52.9 Å². The fourth-order valence-electron chi connectivity index (χ4n) is 11.2. The molecule has 2 aliphatic heterocycles. The van der Waals surface area contributed by atoms with Gasteiger partial charge in [0.25, 0.3) is 0 Å². The molecule has 276 valence electrons. The maximum Gasteiger partial charge on any atom is 0.187 e. The second-order valence-electron chi connectivity index (χ2n) is 16.1. The molecule has 48 heavy (non-hydrogen) atoms. The summed E-state index contributed by atoms with van der Waals surface area (Å²) in [5.74, 6) is -3.61. The molecule has 0 bridgehead atoms. The summed E-state index contributed by atoms with van der Waals surface area (Å²) in [5, 5.41) is 129. The Morgan fingerprint density at radius 1 is 0.833 bits per heavy atom. The van der Waals surface area contributed by atoms with Crippen molar-refractivity contribution < 1.29 is 75.5 Å². The molecule has 0 amide bonds. The third-order valence-electron chi connectivity index (χ3n) is 14.0. The molecule has 0 aromatic rings. The van der Waals surface area contributed by atoms with Crippen molar-refractivity contribution in [2.75, 3.05) is 13.2 Å². The highest BCUT2D eigenvalue weighted by atomic mass is 16.7. The minimum Gasteiger partial charge on any atom is -0.394 e. The van der Waals surface area contributed by atoms with E-state index in [1.54, 1.807) is 0 Å². The summed E-state index contributed by atoms with van der Waals surface area (Å²) in [7, 11) is 0. The van der Waals surface area contributed by atoms with Gasteiger partial charge >= 0.3 is 0 Å². The van der Waals surface area contributed by atoms with Crippen molar-refractivity contribution >= 4 is 0 Å². The molecule has 15 heteroatoms. The summed E-state index contributed by atoms with van der Waals surface area (Å²) in [6.45, 7) is 8.79. The molecule has 2 heterocycles. The summed E-state index contributed by atoms with van der Waals surface area (Å²) >= 11 is 0. The topological polar surface area (TPSA) is 270 Å². The van der Waals surface area contributed by atoms with Crippen LogP contribution < -0.4 is 0 Å². The first kappa shape index (κ1) is 36.9. The van der Waals surface area contributed by atoms with E-state index in [0.29, 0.717) is 24.8 Å². The predicted molar refractivity (Wildman–Crippen MR) is 162 cm³/mol. The predicted octanol–water partition coefficient (Wildman–Crippen LogP) is -3.54. The molecule has 12 N–H and O–H groups in total. The zero-order chi connectivity index (χ0) is 35.5. The smallest absolute Gasteiger partial charge is 0.187 e. The molecule has 15 nitrogen and oxygen atoms in total. The van der Waals surface area contributed by atoms with E-state index in [9.17, 15) is 61.3 Å². The molecular weight excluding hydrogens is 636 g/mol. The Labute approximate surface area is 279 Å². The largest absolute Gasteiger partial charge is 0.394 e. The van der Waals surface area contributed by atoms with Crippen LogP contribution in [0.2, 0.25) is 0 Å². The van der Waals surface area contributed by atoms with Crippen LogP contribution in [0.5, 0.6) is 0 Å². The van der Waals surface area contributed by atoms with Crippen molar-refractivity contribution in [3.8, 4) is 0 Å². The number of ether oxygens (including phenoxy) is 3. The van der Waals surface area contributed by atoms with Gasteiger partial charge in [0.1, 0.15) is 54.4 Å². The molecule has 4 saturated carbocycles. The van der Waals surface area contributed by atoms with E-state index in [1.807, 2.05) is 6.92 Å². The van der Waals surface area contributed by atoms with Crippen LogP contribution in [-0.2, 0) is 14.2 Å². The molecule has 6 aliphatic rings. The molecule has 6 rings (SSSR count). The van der Waals surface area contributed by atoms with Crippen molar-refractivity contribution in [2.24, 2.45) is 40.4 Å². The summed E-state index contributed by atoms with van der Waals surface area (Å²) in [4.78, 5) is 0. The molecule has 21 atom stereocenters. The van der Waals surface area contributed by atoms with Crippen molar-refractivity contribution in [1.82, 2.24) is 0 Å². The Kier molecular flexibility index (Phi) is 9.52. The molecule has 6 fully saturated rings. The maximum atomic E-state index is 11.8. The zero-order valence-corrected chi connectivity index (χ0v) is 27.6. The Hall–Kier alpha value is -0.860. The first-order valence-corrected chi connectivity index (χ1v) is 17.1. The summed E-state index contributed by atoms with van der Waals surface area (Å²) in [6.07, 6.45) is -16.5. The van der Waals surface area contributed by atoms with Gasteiger partial charge in [-0.3, -0.25) is 0 Å². The lowest BCUT2D eigenvalue weighted by atomic mass is 9.40. The van der Waals surface area contributed by atoms with Crippen LogP contribution in [0.25, 0.3) is 0 Å². The van der Waals surface area contributed by atoms with E-state index in [2.05, 4.69) is 13.5 Å². The molecule has 4 aliphatic carbocycles. The van der Waals surface area contributed by atoms with Gasteiger partial charge in [-0.1, -0.05) is 32.9 Å². The number of aliphatic hydroxyl groups excluding tert-OH is 10. The van der Waals surface area contributed by atoms with E-state index in [4.69, 9.17) is 14.2 Å². The Balaban J connectivity index is 1.14. The van der Waals surface area contributed by atoms with Crippen molar-refractivity contribution in [3.05, 3.63) is 12.2 Å². The lowest BCUT2D eigenvalue weighted by Gasteiger charge is -2.69. The van der Waals surface area contributed by atoms with Gasteiger partial charge in [-0.05, 0) is 54.8 Å². The lowest BCUT2D eigenvalue weighted by Crippen LogP contribution is -2.83. The second kappa shape index (κ2) is 12.4. The van der Waals surface area contributed by atoms with Gasteiger partial charge in [-0.25, -0.2) is 0 Å². The van der Waals surface area contributed by atoms with E-state index in [-0.39, 0.29) is 37.2 Å². The van der Waals surface area contributed by atoms with Crippen molar-refractivity contribution in [1.29, 1.82) is 0 Å². The first-order valence-electron chi connectivity index (χ1n) is 17.1. The molecular formula is C33H54O15. The van der Waals surface area contributed by atoms with Crippen LogP contribution >= 0.6 is 0 Å². The minimum absolute atomic E-state index is 0.0968. The highest BCUT2D eigenvalue weighted by Crippen LogP contribution is 2.71. The molecule has 0 radical (unpaired) electrons. The highest BCUT2D eigenvalue weighted by Gasteiger charge is 2.78. The van der Waals surface area contributed by atoms with E-state index < -0.39 is 114 Å². The summed E-state index contributed by atoms with van der Waals surface area (Å²) in [6, 6.07) is 0. The van der Waals surface area contributed by atoms with Gasteiger partial charge in [-0.2, -0.15) is 0 Å². The average molecular weight is 691 g/mol. The number of rotatable bonds is 7. The monoisotopic (exact) mass is 690 g/mol. The molecule has 0 aromatic heterocycles. The number of hydrogen-bond acceptors (Lipinski definition) is 15. The van der Waals surface area contributed by atoms with E-state index >= 15 is 0 Å². The lowest BCUT2D eigenvalue weighted by molar-refractivity contribution is -0.367. The number of aliphatic hydroxyl groups is 12. The van der Waals surface area contributed by atoms with Gasteiger partial charge in [0, 0.05) is 17.8 Å². The fourth-order valence-corrected chi connectivity index (χ4v) is 11.2. The van der Waals surface area contributed by atoms with Crippen molar-refractivity contribution in [2.45, 2.75) is 138 Å². The van der Waals surface area contributed by atoms with Gasteiger partial charge in [0.2, 0.25) is 0 Å². The fraction of sp³-hybridized carbons (Fsp3) is 0.939. The van der Waals surface area contributed by atoms with Gasteiger partial charge in [-0.15, -0.1) is 0 Å². The van der Waals surface area contributed by atoms with Crippen LogP contribution in [0, 0.1) is 40.4 Å². The van der Waals surface area contributed by atoms with Gasteiger partial charge in [0.05, 0.1) is 31.5 Å². The van der Waals surface area contributed by atoms with E-state index in [0.717, 1.165) is 0 Å². The molecule has 0 spiro atoms. The standard InChI is InChI=1S/C33H54O15/c1-12(11-46-29-25(40)22(37)20(35)17(10-34)47-29)5-8-32(44)13(2)19-16(48-32)9-15-18-14(6-7-30(15,19)3)31(4)26(41)23(38)24(39)28(43)33(31,45)27(42)21(18)36/h13-29,34-45H,1,5-11H2,2-4H3/t13-,14-,15-,16-,17+,18+,19-,20+,21-,22-,23+,24-,25+,26+,27+,28-,29+,30-,31-,32+,33-/m0/s1. The minimum atomic E-state index is -2.49. The van der Waals surface area contributed by atoms with Gasteiger partial charge < -0.3 is 75.5 Å². The summed E-state index contributed by atoms with van der Waals surface area (Å²) in [5.41, 5.74) is -4.11. The van der Waals surface area contributed by atoms with Crippen LogP contribution in [0.15, 0.2) is 12.2 Å². The molecule has 0 unspecified atom stereocenters. The van der Waals surface area contributed by atoms with Crippen LogP contribution in [0.4, 0.5) is 0 Å². The Morgan fingerprint density at radius 2 is 1.46 bits per heavy atom. The Morgan fingerprint density at radius 3 is 2.10 bits per heavy atom. The van der Waals surface area contributed by atoms with E-state index in [1.165, 1.54) is 6.92 Å². The second-order valence-corrected chi connectivity index (χ2v) is 16.1. The normalized spacial score (nSPS) is 59.4. The maximum absolute atomic E-state index is 11.8. The van der Waals surface area contributed by atoms with Crippen LogP contribution in [-0.4, -0.2) is 159 Å². The zero-order valence-electron chi connectivity index (χ0n) is 27.6. The molecule has 2 saturated heterocycles. The first-order chi connectivity index (χ1) is 22.3. The third-order valence-corrected chi connectivity index (χ3v) is 14.0. The van der Waals surface area contributed by atoms with Crippen molar-refractivity contribution in [3.63, 3.8) is 0 Å². The quantitative estimate of drug-likeness (QED) is 0.115. The highest BCUT2D eigenvalue weighted by molar-refractivity contribution is 5.27. The van der Waals surface area contributed by atoms with Gasteiger partial charge in [0.15, 0.2) is 12.1 Å². The van der Waals surface area contributed by atoms with Crippen LogP contribution in [0.3, 0.4) is 0 Å². The number of hydrogen-bond donors (Lipinski definition) is 12. The average Bonchev–Trinajstić information content (AvgIpc) is 3.49.